The fourth-order valence-corrected chi connectivity index (χ4v) is 3.20. The third-order valence-corrected chi connectivity index (χ3v) is 4.44. The Labute approximate surface area is 159 Å². The molecule has 9 heteroatoms. The summed E-state index contributed by atoms with van der Waals surface area (Å²) in [6.45, 7) is 1.22. The largest absolute Gasteiger partial charge is 0.435 e. The number of thioether (sulfide) groups is 1. The predicted molar refractivity (Wildman–Crippen MR) is 98.2 cm³/mol. The van der Waals surface area contributed by atoms with Crippen molar-refractivity contribution in [2.24, 2.45) is 5.92 Å². The van der Waals surface area contributed by atoms with Gasteiger partial charge in [0, 0.05) is 19.5 Å². The normalized spacial score (nSPS) is 15.9. The molecule has 2 rings (SSSR count). The van der Waals surface area contributed by atoms with Crippen LogP contribution < -0.4 is 10.1 Å². The summed E-state index contributed by atoms with van der Waals surface area (Å²) in [4.78, 5) is 37.3. The third kappa shape index (κ3) is 6.35. The average molecular weight is 398 g/mol. The van der Waals surface area contributed by atoms with Crippen LogP contribution in [0, 0.1) is 5.92 Å². The van der Waals surface area contributed by atoms with Gasteiger partial charge in [-0.2, -0.15) is 8.78 Å². The van der Waals surface area contributed by atoms with E-state index < -0.39 is 17.8 Å². The quantitative estimate of drug-likeness (QED) is 0.679. The summed E-state index contributed by atoms with van der Waals surface area (Å²) in [7, 11) is 0. The van der Waals surface area contributed by atoms with E-state index in [1.807, 2.05) is 13.8 Å². The van der Waals surface area contributed by atoms with Gasteiger partial charge in [-0.05, 0) is 41.5 Å². The van der Waals surface area contributed by atoms with Crippen molar-refractivity contribution in [2.45, 2.75) is 26.9 Å². The smallest absolute Gasteiger partial charge is 0.387 e. The molecular weight excluding hydrogens is 378 g/mol. The van der Waals surface area contributed by atoms with Crippen LogP contribution in [-0.2, 0) is 9.59 Å². The molecule has 0 aromatic heterocycles. The molecule has 1 heterocycles. The molecule has 27 heavy (non-hydrogen) atoms. The van der Waals surface area contributed by atoms with Crippen LogP contribution >= 0.6 is 11.8 Å². The summed E-state index contributed by atoms with van der Waals surface area (Å²) in [5, 5.41) is 2.26. The fourth-order valence-electron chi connectivity index (χ4n) is 2.34. The number of hydrogen-bond acceptors (Lipinski definition) is 5. The van der Waals surface area contributed by atoms with Crippen LogP contribution in [0.1, 0.15) is 25.8 Å². The lowest BCUT2D eigenvalue weighted by Crippen LogP contribution is -2.37. The van der Waals surface area contributed by atoms with Gasteiger partial charge in [-0.3, -0.25) is 19.3 Å². The molecule has 1 aliphatic rings. The molecule has 0 unspecified atom stereocenters. The Morgan fingerprint density at radius 2 is 1.93 bits per heavy atom. The summed E-state index contributed by atoms with van der Waals surface area (Å²) in [6.07, 6.45) is 1.89. The summed E-state index contributed by atoms with van der Waals surface area (Å²) >= 11 is 0.796. The Balaban J connectivity index is 1.94. The second-order valence-electron chi connectivity index (χ2n) is 6.23. The van der Waals surface area contributed by atoms with E-state index in [4.69, 9.17) is 0 Å². The number of nitrogens with zero attached hydrogens (tertiary/aromatic N) is 1. The van der Waals surface area contributed by atoms with E-state index in [1.165, 1.54) is 30.3 Å². The van der Waals surface area contributed by atoms with Gasteiger partial charge in [-0.1, -0.05) is 26.0 Å². The van der Waals surface area contributed by atoms with Gasteiger partial charge in [0.2, 0.25) is 5.91 Å². The second-order valence-corrected chi connectivity index (χ2v) is 7.22. The number of alkyl halides is 2. The molecule has 1 aliphatic heterocycles. The maximum atomic E-state index is 12.4. The minimum Gasteiger partial charge on any atom is -0.435 e. The zero-order valence-electron chi connectivity index (χ0n) is 14.9. The molecule has 0 atom stereocenters. The zero-order valence-corrected chi connectivity index (χ0v) is 15.7. The maximum absolute atomic E-state index is 12.4. The predicted octanol–water partition coefficient (Wildman–Crippen LogP) is 3.49. The Morgan fingerprint density at radius 1 is 1.26 bits per heavy atom. The third-order valence-electron chi connectivity index (χ3n) is 3.53. The van der Waals surface area contributed by atoms with Crippen LogP contribution in [0.3, 0.4) is 0 Å². The van der Waals surface area contributed by atoms with Gasteiger partial charge in [0.05, 0.1) is 4.91 Å². The SMILES string of the molecule is CC(C)CC(=O)NCCN1C(=O)S/C(=C\c2ccc(OC(F)F)cc2)C1=O. The van der Waals surface area contributed by atoms with Crippen molar-refractivity contribution >= 4 is 34.9 Å². The molecule has 1 N–H and O–H groups in total. The van der Waals surface area contributed by atoms with E-state index in [-0.39, 0.29) is 35.6 Å². The van der Waals surface area contributed by atoms with Crippen molar-refractivity contribution in [3.05, 3.63) is 34.7 Å². The molecule has 0 bridgehead atoms. The number of ether oxygens (including phenoxy) is 1. The zero-order chi connectivity index (χ0) is 20.0. The lowest BCUT2D eigenvalue weighted by molar-refractivity contribution is -0.124. The Bertz CT molecular complexity index is 735. The molecule has 0 aliphatic carbocycles. The number of benzene rings is 1. The minimum atomic E-state index is -2.91. The maximum Gasteiger partial charge on any atom is 0.387 e. The second kappa shape index (κ2) is 9.50. The van der Waals surface area contributed by atoms with Gasteiger partial charge >= 0.3 is 6.61 Å². The van der Waals surface area contributed by atoms with Crippen LogP contribution in [0.2, 0.25) is 0 Å². The number of imide groups is 1. The number of carbonyl (C=O) groups excluding carboxylic acids is 3. The first kappa shape index (κ1) is 20.9. The fraction of sp³-hybridized carbons (Fsp3) is 0.389. The molecule has 1 fully saturated rings. The number of halogens is 2. The highest BCUT2D eigenvalue weighted by atomic mass is 32.2. The van der Waals surface area contributed by atoms with Crippen LogP contribution in [0.5, 0.6) is 5.75 Å². The summed E-state index contributed by atoms with van der Waals surface area (Å²) in [5.74, 6) is -0.343. The van der Waals surface area contributed by atoms with E-state index >= 15 is 0 Å². The lowest BCUT2D eigenvalue weighted by Gasteiger charge is -2.13. The number of amides is 3. The standard InChI is InChI=1S/C18H20F2N2O4S/c1-11(2)9-15(23)21-7-8-22-16(24)14(27-18(22)25)10-12-3-5-13(6-4-12)26-17(19)20/h3-6,10-11,17H,7-9H2,1-2H3,(H,21,23)/b14-10-. The van der Waals surface area contributed by atoms with E-state index in [2.05, 4.69) is 10.1 Å². The molecule has 6 nitrogen and oxygen atoms in total. The number of carbonyl (C=O) groups is 3. The number of rotatable bonds is 8. The Hall–Kier alpha value is -2.42. The summed E-state index contributed by atoms with van der Waals surface area (Å²) in [5.41, 5.74) is 0.576. The molecule has 1 aromatic carbocycles. The van der Waals surface area contributed by atoms with Crippen molar-refractivity contribution in [3.63, 3.8) is 0 Å². The van der Waals surface area contributed by atoms with E-state index in [0.717, 1.165) is 16.7 Å². The number of nitrogens with one attached hydrogen (secondary N) is 1. The average Bonchev–Trinajstić information content (AvgIpc) is 2.83. The van der Waals surface area contributed by atoms with E-state index in [0.29, 0.717) is 12.0 Å². The Kier molecular flexibility index (Phi) is 7.35. The van der Waals surface area contributed by atoms with Gasteiger partial charge in [0.1, 0.15) is 5.75 Å². The minimum absolute atomic E-state index is 0.00685. The van der Waals surface area contributed by atoms with Gasteiger partial charge in [0.15, 0.2) is 0 Å². The van der Waals surface area contributed by atoms with Crippen molar-refractivity contribution in [2.75, 3.05) is 13.1 Å². The molecule has 0 spiro atoms. The van der Waals surface area contributed by atoms with Gasteiger partial charge < -0.3 is 10.1 Å². The van der Waals surface area contributed by atoms with Crippen molar-refractivity contribution in [1.29, 1.82) is 0 Å². The van der Waals surface area contributed by atoms with Crippen molar-refractivity contribution in [1.82, 2.24) is 10.2 Å². The molecule has 146 valence electrons. The van der Waals surface area contributed by atoms with Crippen LogP contribution in [0.15, 0.2) is 29.2 Å². The van der Waals surface area contributed by atoms with Gasteiger partial charge in [-0.15, -0.1) is 0 Å². The first-order chi connectivity index (χ1) is 12.8. The highest BCUT2D eigenvalue weighted by Crippen LogP contribution is 2.32. The van der Waals surface area contributed by atoms with Gasteiger partial charge in [0.25, 0.3) is 11.1 Å². The van der Waals surface area contributed by atoms with E-state index in [1.54, 1.807) is 0 Å². The Morgan fingerprint density at radius 3 is 2.52 bits per heavy atom. The van der Waals surface area contributed by atoms with Crippen LogP contribution in [-0.4, -0.2) is 41.7 Å². The lowest BCUT2D eigenvalue weighted by atomic mass is 10.1. The molecular formula is C18H20F2N2O4S. The highest BCUT2D eigenvalue weighted by molar-refractivity contribution is 8.18. The highest BCUT2D eigenvalue weighted by Gasteiger charge is 2.34. The van der Waals surface area contributed by atoms with Gasteiger partial charge in [-0.25, -0.2) is 0 Å². The number of hydrogen-bond donors (Lipinski definition) is 1. The molecule has 0 saturated carbocycles. The monoisotopic (exact) mass is 398 g/mol. The summed E-state index contributed by atoms with van der Waals surface area (Å²) < 4.78 is 28.6. The van der Waals surface area contributed by atoms with Crippen LogP contribution in [0.25, 0.3) is 6.08 Å². The van der Waals surface area contributed by atoms with Crippen molar-refractivity contribution in [3.8, 4) is 5.75 Å². The molecule has 1 aromatic rings. The molecule has 0 radical (unpaired) electrons. The van der Waals surface area contributed by atoms with Crippen molar-refractivity contribution < 1.29 is 27.9 Å². The molecule has 1 saturated heterocycles. The topological polar surface area (TPSA) is 75.7 Å². The first-order valence-electron chi connectivity index (χ1n) is 8.33. The van der Waals surface area contributed by atoms with E-state index in [9.17, 15) is 23.2 Å². The molecule has 3 amide bonds. The summed E-state index contributed by atoms with van der Waals surface area (Å²) in [6, 6.07) is 5.73. The van der Waals surface area contributed by atoms with Crippen LogP contribution in [0.4, 0.5) is 13.6 Å². The first-order valence-corrected chi connectivity index (χ1v) is 9.15.